The van der Waals surface area contributed by atoms with Gasteiger partial charge in [0.2, 0.25) is 0 Å². The molecule has 0 heterocycles. The van der Waals surface area contributed by atoms with Gasteiger partial charge in [0.1, 0.15) is 0 Å². The van der Waals surface area contributed by atoms with Crippen molar-refractivity contribution in [2.75, 3.05) is 13.1 Å². The molecule has 0 aromatic rings. The number of nitrogens with one attached hydrogen (secondary N) is 2. The first kappa shape index (κ1) is 28.6. The Morgan fingerprint density at radius 1 is 0.719 bits per heavy atom. The van der Waals surface area contributed by atoms with Crippen LogP contribution in [0.5, 0.6) is 0 Å². The van der Waals surface area contributed by atoms with Gasteiger partial charge in [0.25, 0.3) is 0 Å². The van der Waals surface area contributed by atoms with Gasteiger partial charge in [0.15, 0.2) is 0 Å². The van der Waals surface area contributed by atoms with Gasteiger partial charge in [-0.05, 0) is 77.0 Å². The smallest absolute Gasteiger partial charge is 0.317 e. The van der Waals surface area contributed by atoms with Crippen molar-refractivity contribution in [3.63, 3.8) is 0 Å². The highest BCUT2D eigenvalue weighted by Gasteiger charge is 2.48. The van der Waals surface area contributed by atoms with Crippen molar-refractivity contribution in [1.29, 1.82) is 0 Å². The molecule has 6 heteroatoms. The standard InChI is InChI=1S/C26H52N4O2/c1-11-18(5)29(19(6)12-2)24(31)27-16-22-15-23(26(22,9)10)17-28-25(32)30(20(7)13-3)21(8)14-4/h18-23H,11-17H2,1-10H3,(H,27,31)(H,28,32)/t18-,19-,20-,21+,22-,23+/m1/s1. The Morgan fingerprint density at radius 3 is 1.22 bits per heavy atom. The molecule has 0 unspecified atom stereocenters. The van der Waals surface area contributed by atoms with Gasteiger partial charge in [-0.3, -0.25) is 0 Å². The van der Waals surface area contributed by atoms with E-state index >= 15 is 0 Å². The molecule has 1 saturated carbocycles. The Balaban J connectivity index is 2.61. The number of rotatable bonds is 12. The summed E-state index contributed by atoms with van der Waals surface area (Å²) in [4.78, 5) is 29.8. The molecule has 0 radical (unpaired) electrons. The van der Waals surface area contributed by atoms with E-state index in [1.165, 1.54) is 0 Å². The van der Waals surface area contributed by atoms with Gasteiger partial charge in [-0.2, -0.15) is 0 Å². The van der Waals surface area contributed by atoms with Crippen LogP contribution < -0.4 is 10.6 Å². The van der Waals surface area contributed by atoms with Crippen molar-refractivity contribution in [1.82, 2.24) is 20.4 Å². The quantitative estimate of drug-likeness (QED) is 0.389. The van der Waals surface area contributed by atoms with Crippen molar-refractivity contribution in [3.05, 3.63) is 0 Å². The van der Waals surface area contributed by atoms with E-state index in [2.05, 4.69) is 79.9 Å². The van der Waals surface area contributed by atoms with E-state index in [4.69, 9.17) is 0 Å². The first-order chi connectivity index (χ1) is 15.0. The average molecular weight is 453 g/mol. The number of hydrogen-bond acceptors (Lipinski definition) is 2. The first-order valence-electron chi connectivity index (χ1n) is 13.1. The fourth-order valence-corrected chi connectivity index (χ4v) is 4.88. The van der Waals surface area contributed by atoms with Crippen LogP contribution in [0.15, 0.2) is 0 Å². The number of urea groups is 2. The lowest BCUT2D eigenvalue weighted by atomic mass is 9.54. The zero-order valence-electron chi connectivity index (χ0n) is 22.6. The third-order valence-electron chi connectivity index (χ3n) is 8.40. The Labute approximate surface area is 198 Å². The lowest BCUT2D eigenvalue weighted by molar-refractivity contribution is -0.0165. The van der Waals surface area contributed by atoms with Crippen LogP contribution in [0.4, 0.5) is 9.59 Å². The summed E-state index contributed by atoms with van der Waals surface area (Å²) in [6, 6.07) is 1.06. The van der Waals surface area contributed by atoms with Crippen molar-refractivity contribution >= 4 is 12.1 Å². The molecular formula is C26H52N4O2. The minimum atomic E-state index is 0.0546. The summed E-state index contributed by atoms with van der Waals surface area (Å²) in [6.07, 6.45) is 4.86. The monoisotopic (exact) mass is 452 g/mol. The molecule has 6 atom stereocenters. The summed E-state index contributed by atoms with van der Waals surface area (Å²) in [5.41, 5.74) is 0.0930. The summed E-state index contributed by atoms with van der Waals surface area (Å²) in [6.45, 7) is 23.0. The molecule has 0 saturated heterocycles. The zero-order valence-corrected chi connectivity index (χ0v) is 22.6. The molecule has 6 nitrogen and oxygen atoms in total. The van der Waals surface area contributed by atoms with Crippen molar-refractivity contribution < 1.29 is 9.59 Å². The molecule has 0 spiro atoms. The maximum Gasteiger partial charge on any atom is 0.317 e. The van der Waals surface area contributed by atoms with Crippen LogP contribution in [0.25, 0.3) is 0 Å². The van der Waals surface area contributed by atoms with Gasteiger partial charge in [0.05, 0.1) is 0 Å². The normalized spacial score (nSPS) is 23.3. The van der Waals surface area contributed by atoms with Crippen LogP contribution in [0, 0.1) is 17.3 Å². The largest absolute Gasteiger partial charge is 0.338 e. The minimum Gasteiger partial charge on any atom is -0.338 e. The van der Waals surface area contributed by atoms with Crippen LogP contribution in [-0.4, -0.2) is 59.1 Å². The highest BCUT2D eigenvalue weighted by atomic mass is 16.2. The van der Waals surface area contributed by atoms with Gasteiger partial charge in [-0.1, -0.05) is 41.5 Å². The number of carbonyl (C=O) groups is 2. The van der Waals surface area contributed by atoms with E-state index < -0.39 is 0 Å². The number of nitrogens with zero attached hydrogens (tertiary/aromatic N) is 2. The van der Waals surface area contributed by atoms with E-state index in [-0.39, 0.29) is 41.6 Å². The molecule has 2 N–H and O–H groups in total. The van der Waals surface area contributed by atoms with Gasteiger partial charge < -0.3 is 20.4 Å². The molecule has 0 bridgehead atoms. The summed E-state index contributed by atoms with van der Waals surface area (Å²) in [7, 11) is 0. The summed E-state index contributed by atoms with van der Waals surface area (Å²) in [5, 5.41) is 6.42. The second-order valence-corrected chi connectivity index (χ2v) is 10.7. The molecule has 0 aromatic heterocycles. The SMILES string of the molecule is CC[C@@H](C)N(C(=O)NC[C@H]1C[C@@H](CNC(=O)N([C@H](C)CC)[C@@H](C)CC)C1(C)C)[C@H](C)CC. The van der Waals surface area contributed by atoms with E-state index in [9.17, 15) is 9.59 Å². The molecule has 32 heavy (non-hydrogen) atoms. The molecule has 1 rings (SSSR count). The van der Waals surface area contributed by atoms with Crippen LogP contribution >= 0.6 is 0 Å². The van der Waals surface area contributed by atoms with Crippen LogP contribution in [0.1, 0.15) is 101 Å². The Hall–Kier alpha value is -1.46. The maximum atomic E-state index is 12.9. The number of amides is 4. The van der Waals surface area contributed by atoms with E-state index in [1.54, 1.807) is 0 Å². The third-order valence-corrected chi connectivity index (χ3v) is 8.40. The van der Waals surface area contributed by atoms with Gasteiger partial charge in [0, 0.05) is 37.3 Å². The second kappa shape index (κ2) is 12.7. The highest BCUT2D eigenvalue weighted by Crippen LogP contribution is 2.50. The summed E-state index contributed by atoms with van der Waals surface area (Å²) < 4.78 is 0. The van der Waals surface area contributed by atoms with Crippen LogP contribution in [-0.2, 0) is 0 Å². The molecule has 1 aliphatic rings. The van der Waals surface area contributed by atoms with Crippen molar-refractivity contribution in [2.24, 2.45) is 17.3 Å². The lowest BCUT2D eigenvalue weighted by Crippen LogP contribution is -2.57. The topological polar surface area (TPSA) is 64.7 Å². The van der Waals surface area contributed by atoms with Crippen LogP contribution in [0.2, 0.25) is 0 Å². The Kier molecular flexibility index (Phi) is 11.3. The van der Waals surface area contributed by atoms with Gasteiger partial charge >= 0.3 is 12.1 Å². The first-order valence-corrected chi connectivity index (χ1v) is 13.1. The van der Waals surface area contributed by atoms with Gasteiger partial charge in [-0.25, -0.2) is 9.59 Å². The predicted octanol–water partition coefficient (Wildman–Crippen LogP) is 5.87. The van der Waals surface area contributed by atoms with Crippen LogP contribution in [0.3, 0.4) is 0 Å². The molecule has 0 aliphatic heterocycles. The molecule has 1 aliphatic carbocycles. The van der Waals surface area contributed by atoms with Crippen molar-refractivity contribution in [2.45, 2.75) is 126 Å². The molecule has 1 fully saturated rings. The molecule has 0 aromatic carbocycles. The van der Waals surface area contributed by atoms with Gasteiger partial charge in [-0.15, -0.1) is 0 Å². The lowest BCUT2D eigenvalue weighted by Gasteiger charge is -2.53. The minimum absolute atomic E-state index is 0.0546. The Bertz CT molecular complexity index is 526. The van der Waals surface area contributed by atoms with E-state index in [0.29, 0.717) is 24.9 Å². The van der Waals surface area contributed by atoms with E-state index in [1.807, 2.05) is 9.80 Å². The van der Waals surface area contributed by atoms with Crippen molar-refractivity contribution in [3.8, 4) is 0 Å². The summed E-state index contributed by atoms with van der Waals surface area (Å²) >= 11 is 0. The zero-order chi connectivity index (χ0) is 24.6. The average Bonchev–Trinajstić information content (AvgIpc) is 2.77. The molecule has 188 valence electrons. The summed E-state index contributed by atoms with van der Waals surface area (Å²) in [5.74, 6) is 0.869. The molecular weight excluding hydrogens is 400 g/mol. The van der Waals surface area contributed by atoms with E-state index in [0.717, 1.165) is 32.1 Å². The Morgan fingerprint density at radius 2 is 1.00 bits per heavy atom. The second-order valence-electron chi connectivity index (χ2n) is 10.7. The fraction of sp³-hybridized carbons (Fsp3) is 0.923. The number of hydrogen-bond donors (Lipinski definition) is 2. The molecule has 4 amide bonds. The predicted molar refractivity (Wildman–Crippen MR) is 135 cm³/mol. The highest BCUT2D eigenvalue weighted by molar-refractivity contribution is 5.75. The number of carbonyl (C=O) groups excluding carboxylic acids is 2. The maximum absolute atomic E-state index is 12.9. The fourth-order valence-electron chi connectivity index (χ4n) is 4.88. The third kappa shape index (κ3) is 6.77.